The molecule has 2 aliphatic rings. The second kappa shape index (κ2) is 10.2. The Bertz CT molecular complexity index is 1470. The fourth-order valence-electron chi connectivity index (χ4n) is 5.72. The van der Waals surface area contributed by atoms with Crippen LogP contribution in [-0.2, 0) is 10.2 Å². The van der Waals surface area contributed by atoms with E-state index in [1.54, 1.807) is 50.5 Å². The first-order valence-electron chi connectivity index (χ1n) is 13.7. The number of benzene rings is 1. The smallest absolute Gasteiger partial charge is 0.340 e. The van der Waals surface area contributed by atoms with Crippen molar-refractivity contribution in [3.63, 3.8) is 0 Å². The molecule has 0 spiro atoms. The highest BCUT2D eigenvalue weighted by atomic mass is 19.1. The number of fused-ring (bicyclic) bond motifs is 1. The molecule has 0 atom stereocenters. The maximum Gasteiger partial charge on any atom is 0.340 e. The number of aryl methyl sites for hydroxylation is 1. The van der Waals surface area contributed by atoms with Gasteiger partial charge in [0.05, 0.1) is 41.0 Å². The van der Waals surface area contributed by atoms with Crippen molar-refractivity contribution in [2.24, 2.45) is 0 Å². The van der Waals surface area contributed by atoms with Gasteiger partial charge in [0.2, 0.25) is 0 Å². The molecule has 9 heteroatoms. The molecule has 5 rings (SSSR count). The molecule has 8 nitrogen and oxygen atoms in total. The molecule has 1 aromatic carbocycles. The van der Waals surface area contributed by atoms with E-state index in [0.29, 0.717) is 55.3 Å². The fraction of sp³-hybridized carbons (Fsp3) is 0.419. The summed E-state index contributed by atoms with van der Waals surface area (Å²) in [5.41, 5.74) is 3.76. The summed E-state index contributed by atoms with van der Waals surface area (Å²) in [7, 11) is 0. The number of amides is 1. The predicted molar refractivity (Wildman–Crippen MR) is 153 cm³/mol. The molecule has 3 aromatic rings. The van der Waals surface area contributed by atoms with Gasteiger partial charge in [-0.2, -0.15) is 0 Å². The zero-order chi connectivity index (χ0) is 28.8. The maximum atomic E-state index is 14.4. The summed E-state index contributed by atoms with van der Waals surface area (Å²) in [6.07, 6.45) is 3.26. The molecule has 0 N–H and O–H groups in total. The summed E-state index contributed by atoms with van der Waals surface area (Å²) >= 11 is 0. The zero-order valence-corrected chi connectivity index (χ0v) is 24.0. The molecule has 0 unspecified atom stereocenters. The minimum absolute atomic E-state index is 0.139. The zero-order valence-electron chi connectivity index (χ0n) is 24.0. The fourth-order valence-corrected chi connectivity index (χ4v) is 5.72. The van der Waals surface area contributed by atoms with Gasteiger partial charge in [-0.15, -0.1) is 0 Å². The van der Waals surface area contributed by atoms with Gasteiger partial charge in [0.25, 0.3) is 5.91 Å². The SMILES string of the molecule is CCOC(=O)c1ccncc1N1CCN(C(=O)c2ccc3c(n2)C(C)(C)CN3c2ccc(C)c(F)c2)C(C)(C)C1. The van der Waals surface area contributed by atoms with Crippen molar-refractivity contribution in [2.75, 3.05) is 42.6 Å². The lowest BCUT2D eigenvalue weighted by Gasteiger charge is -2.48. The first kappa shape index (κ1) is 27.6. The first-order valence-corrected chi connectivity index (χ1v) is 13.7. The van der Waals surface area contributed by atoms with Crippen molar-refractivity contribution in [1.82, 2.24) is 14.9 Å². The second-order valence-corrected chi connectivity index (χ2v) is 11.8. The van der Waals surface area contributed by atoms with Crippen LogP contribution in [0.15, 0.2) is 48.8 Å². The van der Waals surface area contributed by atoms with E-state index in [1.807, 2.05) is 30.9 Å². The topological polar surface area (TPSA) is 78.9 Å². The van der Waals surface area contributed by atoms with Gasteiger partial charge in [0.1, 0.15) is 11.5 Å². The van der Waals surface area contributed by atoms with E-state index in [-0.39, 0.29) is 23.1 Å². The molecule has 0 saturated carbocycles. The lowest BCUT2D eigenvalue weighted by Crippen LogP contribution is -2.61. The highest BCUT2D eigenvalue weighted by molar-refractivity contribution is 5.96. The predicted octanol–water partition coefficient (Wildman–Crippen LogP) is 5.27. The number of carbonyl (C=O) groups excluding carboxylic acids is 2. The largest absolute Gasteiger partial charge is 0.462 e. The number of esters is 1. The van der Waals surface area contributed by atoms with E-state index in [2.05, 4.69) is 28.6 Å². The third kappa shape index (κ3) is 4.89. The molecule has 1 fully saturated rings. The average Bonchev–Trinajstić information content (AvgIpc) is 3.19. The molecule has 4 heterocycles. The molecule has 2 aliphatic heterocycles. The number of pyridine rings is 2. The van der Waals surface area contributed by atoms with Crippen LogP contribution in [0, 0.1) is 12.7 Å². The molecule has 0 bridgehead atoms. The van der Waals surface area contributed by atoms with Gasteiger partial charge < -0.3 is 19.4 Å². The van der Waals surface area contributed by atoms with Crippen LogP contribution in [0.25, 0.3) is 0 Å². The number of halogens is 1. The minimum atomic E-state index is -0.543. The van der Waals surface area contributed by atoms with Crippen molar-refractivity contribution in [3.8, 4) is 0 Å². The standard InChI is InChI=1S/C31H36FN5O3/c1-7-40-29(39)22-12-13-33-17-26(22)35-14-15-37(31(5,6)19-35)28(38)24-10-11-25-27(34-24)30(3,4)18-36(25)21-9-8-20(2)23(32)16-21/h8-13,16-17H,7,14-15,18-19H2,1-6H3. The van der Waals surface area contributed by atoms with E-state index in [9.17, 15) is 14.0 Å². The van der Waals surface area contributed by atoms with Crippen LogP contribution in [-0.4, -0.2) is 65.1 Å². The van der Waals surface area contributed by atoms with E-state index in [1.165, 1.54) is 0 Å². The molecule has 1 saturated heterocycles. The Morgan fingerprint density at radius 2 is 1.80 bits per heavy atom. The summed E-state index contributed by atoms with van der Waals surface area (Å²) in [6, 6.07) is 10.6. The molecule has 210 valence electrons. The third-order valence-electron chi connectivity index (χ3n) is 7.83. The molecule has 0 aliphatic carbocycles. The number of hydrogen-bond acceptors (Lipinski definition) is 7. The summed E-state index contributed by atoms with van der Waals surface area (Å²) in [6.45, 7) is 14.2. The molecule has 40 heavy (non-hydrogen) atoms. The van der Waals surface area contributed by atoms with Crippen LogP contribution >= 0.6 is 0 Å². The lowest BCUT2D eigenvalue weighted by molar-refractivity contribution is 0.0493. The van der Waals surface area contributed by atoms with Crippen LogP contribution in [0.1, 0.15) is 66.7 Å². The molecular weight excluding hydrogens is 509 g/mol. The summed E-state index contributed by atoms with van der Waals surface area (Å²) in [5, 5.41) is 0. The van der Waals surface area contributed by atoms with E-state index in [0.717, 1.165) is 17.1 Å². The summed E-state index contributed by atoms with van der Waals surface area (Å²) in [4.78, 5) is 41.5. The highest BCUT2D eigenvalue weighted by Crippen LogP contribution is 2.43. The Labute approximate surface area is 234 Å². The molecule has 1 amide bonds. The quantitative estimate of drug-likeness (QED) is 0.404. The van der Waals surface area contributed by atoms with Crippen LogP contribution in [0.3, 0.4) is 0 Å². The average molecular weight is 546 g/mol. The van der Waals surface area contributed by atoms with E-state index >= 15 is 0 Å². The monoisotopic (exact) mass is 545 g/mol. The second-order valence-electron chi connectivity index (χ2n) is 11.8. The molecule has 2 aromatic heterocycles. The van der Waals surface area contributed by atoms with Crippen LogP contribution < -0.4 is 9.80 Å². The van der Waals surface area contributed by atoms with Crippen LogP contribution in [0.2, 0.25) is 0 Å². The Balaban J connectivity index is 1.39. The highest BCUT2D eigenvalue weighted by Gasteiger charge is 2.41. The molecular formula is C31H36FN5O3. The number of rotatable bonds is 5. The van der Waals surface area contributed by atoms with Gasteiger partial charge in [-0.1, -0.05) is 19.9 Å². The Morgan fingerprint density at radius 1 is 1.02 bits per heavy atom. The number of anilines is 3. The first-order chi connectivity index (χ1) is 18.9. The number of piperazine rings is 1. The maximum absolute atomic E-state index is 14.4. The number of nitrogens with zero attached hydrogens (tertiary/aromatic N) is 5. The lowest BCUT2D eigenvalue weighted by atomic mass is 9.91. The van der Waals surface area contributed by atoms with Crippen molar-refractivity contribution >= 4 is 28.9 Å². The van der Waals surface area contributed by atoms with Crippen molar-refractivity contribution in [3.05, 3.63) is 77.1 Å². The van der Waals surface area contributed by atoms with E-state index in [4.69, 9.17) is 9.72 Å². The van der Waals surface area contributed by atoms with Crippen molar-refractivity contribution < 1.29 is 18.7 Å². The van der Waals surface area contributed by atoms with Gasteiger partial charge in [-0.05, 0) is 63.6 Å². The number of aromatic nitrogens is 2. The number of carbonyl (C=O) groups is 2. The van der Waals surface area contributed by atoms with Gasteiger partial charge in [-0.3, -0.25) is 9.78 Å². The van der Waals surface area contributed by atoms with E-state index < -0.39 is 5.54 Å². The molecule has 0 radical (unpaired) electrons. The summed E-state index contributed by atoms with van der Waals surface area (Å²) in [5.74, 6) is -0.769. The van der Waals surface area contributed by atoms with Gasteiger partial charge >= 0.3 is 5.97 Å². The van der Waals surface area contributed by atoms with Gasteiger partial charge in [0, 0.05) is 43.5 Å². The number of ether oxygens (including phenoxy) is 1. The van der Waals surface area contributed by atoms with Crippen LogP contribution in [0.4, 0.5) is 21.5 Å². The third-order valence-corrected chi connectivity index (χ3v) is 7.83. The Morgan fingerprint density at radius 3 is 2.50 bits per heavy atom. The Hall–Kier alpha value is -4.01. The normalized spacial score (nSPS) is 17.5. The number of hydrogen-bond donors (Lipinski definition) is 0. The van der Waals surface area contributed by atoms with Crippen molar-refractivity contribution in [1.29, 1.82) is 0 Å². The Kier molecular flexibility index (Phi) is 7.02. The van der Waals surface area contributed by atoms with Crippen molar-refractivity contribution in [2.45, 2.75) is 52.5 Å². The summed E-state index contributed by atoms with van der Waals surface area (Å²) < 4.78 is 19.6. The van der Waals surface area contributed by atoms with Crippen LogP contribution in [0.5, 0.6) is 0 Å². The van der Waals surface area contributed by atoms with Gasteiger partial charge in [0.15, 0.2) is 0 Å². The minimum Gasteiger partial charge on any atom is -0.462 e. The van der Waals surface area contributed by atoms with Gasteiger partial charge in [-0.25, -0.2) is 14.2 Å².